The van der Waals surface area contributed by atoms with E-state index in [1.807, 2.05) is 24.3 Å². The van der Waals surface area contributed by atoms with Gasteiger partial charge in [0.2, 0.25) is 0 Å². The summed E-state index contributed by atoms with van der Waals surface area (Å²) in [5.41, 5.74) is 5.06. The molecule has 1 unspecified atom stereocenters. The Morgan fingerprint density at radius 3 is 2.69 bits per heavy atom. The maximum absolute atomic E-state index is 11.6. The molecule has 0 fully saturated rings. The van der Waals surface area contributed by atoms with Crippen LogP contribution in [0.25, 0.3) is 0 Å². The summed E-state index contributed by atoms with van der Waals surface area (Å²) in [6.45, 7) is 3.94. The monoisotopic (exact) mass is 348 g/mol. The largest absolute Gasteiger partial charge is 0.486 e. The molecular weight excluding hydrogens is 324 g/mol. The van der Waals surface area contributed by atoms with Crippen molar-refractivity contribution in [3.05, 3.63) is 64.7 Å². The van der Waals surface area contributed by atoms with Crippen LogP contribution in [-0.4, -0.2) is 13.1 Å². The average molecular weight is 348 g/mol. The molecule has 3 heteroatoms. The summed E-state index contributed by atoms with van der Waals surface area (Å²) in [6, 6.07) is 14.3. The summed E-state index contributed by atoms with van der Waals surface area (Å²) in [7, 11) is 1.40. The molecule has 0 aromatic heterocycles. The Bertz CT molecular complexity index is 840. The topological polar surface area (TPSA) is 35.5 Å². The first-order valence-corrected chi connectivity index (χ1v) is 8.96. The van der Waals surface area contributed by atoms with E-state index in [2.05, 4.69) is 37.0 Å². The van der Waals surface area contributed by atoms with Crippen molar-refractivity contribution in [1.82, 2.24) is 0 Å². The third-order valence-corrected chi connectivity index (χ3v) is 4.93. The quantitative estimate of drug-likeness (QED) is 0.579. The number of methoxy groups -OCH3 is 1. The summed E-state index contributed by atoms with van der Waals surface area (Å²) in [6.07, 6.45) is 2.44. The van der Waals surface area contributed by atoms with Crippen molar-refractivity contribution in [2.75, 3.05) is 7.11 Å². The third-order valence-electron chi connectivity index (χ3n) is 4.93. The highest BCUT2D eigenvalue weighted by Crippen LogP contribution is 2.36. The van der Waals surface area contributed by atoms with Crippen molar-refractivity contribution >= 4 is 5.97 Å². The van der Waals surface area contributed by atoms with Crippen molar-refractivity contribution in [3.8, 4) is 17.6 Å². The van der Waals surface area contributed by atoms with Crippen molar-refractivity contribution in [2.24, 2.45) is 0 Å². The lowest BCUT2D eigenvalue weighted by atomic mass is 9.96. The zero-order valence-corrected chi connectivity index (χ0v) is 15.5. The second-order valence-electron chi connectivity index (χ2n) is 6.58. The molecule has 3 nitrogen and oxygen atoms in total. The second-order valence-corrected chi connectivity index (χ2v) is 6.58. The summed E-state index contributed by atoms with van der Waals surface area (Å²) in [5.74, 6) is 6.41. The van der Waals surface area contributed by atoms with Crippen LogP contribution in [0, 0.1) is 18.8 Å². The Kier molecular flexibility index (Phi) is 5.63. The van der Waals surface area contributed by atoms with E-state index in [4.69, 9.17) is 9.47 Å². The van der Waals surface area contributed by atoms with Gasteiger partial charge in [-0.2, -0.15) is 0 Å². The zero-order chi connectivity index (χ0) is 18.5. The van der Waals surface area contributed by atoms with Gasteiger partial charge in [0.25, 0.3) is 0 Å². The van der Waals surface area contributed by atoms with Crippen molar-refractivity contribution in [1.29, 1.82) is 0 Å². The van der Waals surface area contributed by atoms with Crippen LogP contribution in [-0.2, 0) is 16.0 Å². The van der Waals surface area contributed by atoms with Crippen molar-refractivity contribution in [3.63, 3.8) is 0 Å². The first-order valence-electron chi connectivity index (χ1n) is 8.96. The molecule has 2 atom stereocenters. The van der Waals surface area contributed by atoms with Gasteiger partial charge in [-0.1, -0.05) is 36.3 Å². The predicted octanol–water partition coefficient (Wildman–Crippen LogP) is 4.73. The number of hydrogen-bond donors (Lipinski definition) is 0. The summed E-state index contributed by atoms with van der Waals surface area (Å²) in [5, 5.41) is 0. The second kappa shape index (κ2) is 8.10. The molecule has 2 aromatic carbocycles. The van der Waals surface area contributed by atoms with Gasteiger partial charge in [0.1, 0.15) is 11.9 Å². The van der Waals surface area contributed by atoms with Crippen LogP contribution in [0.2, 0.25) is 0 Å². The van der Waals surface area contributed by atoms with Gasteiger partial charge in [-0.15, -0.1) is 5.92 Å². The van der Waals surface area contributed by atoms with Crippen LogP contribution in [0.1, 0.15) is 54.0 Å². The number of benzene rings is 2. The Balaban J connectivity index is 1.73. The Labute approximate surface area is 155 Å². The van der Waals surface area contributed by atoms with Gasteiger partial charge >= 0.3 is 5.97 Å². The number of fused-ring (bicyclic) bond motifs is 1. The number of aryl methyl sites for hydroxylation is 1. The third kappa shape index (κ3) is 3.91. The minimum Gasteiger partial charge on any atom is -0.486 e. The van der Waals surface area contributed by atoms with Crippen LogP contribution < -0.4 is 4.74 Å². The number of rotatable bonds is 5. The maximum Gasteiger partial charge on any atom is 0.307 e. The van der Waals surface area contributed by atoms with Crippen LogP contribution in [0.15, 0.2) is 42.5 Å². The van der Waals surface area contributed by atoms with E-state index in [1.165, 1.54) is 23.8 Å². The van der Waals surface area contributed by atoms with Gasteiger partial charge in [0.15, 0.2) is 0 Å². The highest BCUT2D eigenvalue weighted by Gasteiger charge is 2.25. The first-order chi connectivity index (χ1) is 12.6. The smallest absolute Gasteiger partial charge is 0.307 e. The van der Waals surface area contributed by atoms with E-state index in [9.17, 15) is 4.79 Å². The molecule has 0 bridgehead atoms. The fraction of sp³-hybridized carbons (Fsp3) is 0.348. The van der Waals surface area contributed by atoms with E-state index < -0.39 is 0 Å². The van der Waals surface area contributed by atoms with Gasteiger partial charge in [0.05, 0.1) is 19.4 Å². The normalized spacial score (nSPS) is 16.2. The fourth-order valence-electron chi connectivity index (χ4n) is 3.54. The molecular formula is C23H24O3. The number of carbonyl (C=O) groups is 1. The van der Waals surface area contributed by atoms with E-state index in [1.54, 1.807) is 6.92 Å². The molecule has 0 radical (unpaired) electrons. The minimum atomic E-state index is -0.254. The van der Waals surface area contributed by atoms with Gasteiger partial charge in [-0.25, -0.2) is 0 Å². The summed E-state index contributed by atoms with van der Waals surface area (Å²) < 4.78 is 11.0. The van der Waals surface area contributed by atoms with Gasteiger partial charge in [-0.3, -0.25) is 4.79 Å². The molecule has 0 aliphatic heterocycles. The minimum absolute atomic E-state index is 0.108. The maximum atomic E-state index is 11.6. The molecule has 1 aliphatic carbocycles. The molecule has 0 saturated heterocycles. The van der Waals surface area contributed by atoms with E-state index >= 15 is 0 Å². The molecule has 26 heavy (non-hydrogen) atoms. The van der Waals surface area contributed by atoms with E-state index in [-0.39, 0.29) is 24.4 Å². The molecule has 0 saturated carbocycles. The standard InChI is InChI=1S/C23H24O3/c1-4-6-18(15-23(24)25-3)17-9-11-19(12-10-17)26-22-14-13-20-16(2)7-5-8-21(20)22/h5,7-12,18,22H,13-15H2,1-3H3/t18-,22?/m0/s1. The highest BCUT2D eigenvalue weighted by molar-refractivity contribution is 5.71. The van der Waals surface area contributed by atoms with Gasteiger partial charge < -0.3 is 9.47 Å². The molecule has 2 aromatic rings. The van der Waals surface area contributed by atoms with Crippen LogP contribution in [0.4, 0.5) is 0 Å². The van der Waals surface area contributed by atoms with Crippen molar-refractivity contribution in [2.45, 2.75) is 45.1 Å². The number of hydrogen-bond acceptors (Lipinski definition) is 3. The average Bonchev–Trinajstić information content (AvgIpc) is 3.06. The molecule has 0 heterocycles. The highest BCUT2D eigenvalue weighted by atomic mass is 16.5. The number of carbonyl (C=O) groups excluding carboxylic acids is 1. The van der Waals surface area contributed by atoms with Crippen LogP contribution in [0.3, 0.4) is 0 Å². The Morgan fingerprint density at radius 1 is 1.23 bits per heavy atom. The SMILES string of the molecule is CC#C[C@@H](CC(=O)OC)c1ccc(OC2CCc3c(C)cccc32)cc1. The Morgan fingerprint density at radius 2 is 2.00 bits per heavy atom. The fourth-order valence-corrected chi connectivity index (χ4v) is 3.54. The van der Waals surface area contributed by atoms with Gasteiger partial charge in [-0.05, 0) is 61.1 Å². The van der Waals surface area contributed by atoms with Gasteiger partial charge in [0, 0.05) is 0 Å². The molecule has 0 spiro atoms. The summed E-state index contributed by atoms with van der Waals surface area (Å²) in [4.78, 5) is 11.6. The molecule has 0 N–H and O–H groups in total. The zero-order valence-electron chi connectivity index (χ0n) is 15.5. The lowest BCUT2D eigenvalue weighted by Crippen LogP contribution is -2.08. The number of esters is 1. The predicted molar refractivity (Wildman–Crippen MR) is 102 cm³/mol. The molecule has 3 rings (SSSR count). The van der Waals surface area contributed by atoms with E-state index in [0.29, 0.717) is 0 Å². The molecule has 0 amide bonds. The van der Waals surface area contributed by atoms with Crippen molar-refractivity contribution < 1.29 is 14.3 Å². The molecule has 1 aliphatic rings. The molecule has 134 valence electrons. The Hall–Kier alpha value is -2.73. The lowest BCUT2D eigenvalue weighted by Gasteiger charge is -2.16. The van der Waals surface area contributed by atoms with Crippen LogP contribution in [0.5, 0.6) is 5.75 Å². The lowest BCUT2D eigenvalue weighted by molar-refractivity contribution is -0.140. The summed E-state index contributed by atoms with van der Waals surface area (Å²) >= 11 is 0. The first kappa shape index (κ1) is 18.1. The van der Waals surface area contributed by atoms with E-state index in [0.717, 1.165) is 24.2 Å². The number of ether oxygens (including phenoxy) is 2. The van der Waals surface area contributed by atoms with Crippen LogP contribution >= 0.6 is 0 Å².